The number of thiol groups is 1. The van der Waals surface area contributed by atoms with E-state index in [0.29, 0.717) is 15.9 Å². The Morgan fingerprint density at radius 2 is 2.00 bits per heavy atom. The molecular weight excluding hydrogens is 450 g/mol. The van der Waals surface area contributed by atoms with Crippen LogP contribution in [0.2, 0.25) is 5.02 Å². The number of aromatic nitrogens is 1. The minimum Gasteiger partial charge on any atom is -0.461 e. The van der Waals surface area contributed by atoms with Gasteiger partial charge in [-0.3, -0.25) is 8.54 Å². The van der Waals surface area contributed by atoms with Crippen molar-refractivity contribution in [3.63, 3.8) is 0 Å². The smallest absolute Gasteiger partial charge is 0.356 e. The standard InChI is InChI=1S/C20H17ClFN2O4PS/c1-3-27-20(25)18-19(16-9-13(21)5-6-17(16)24(18)30)29(26,28-4-2)15-8-12(11-23)7-14(22)10-15/h5-10,30H,3-4H2,1-2H3. The first kappa shape index (κ1) is 22.4. The Balaban J connectivity index is 2.47. The molecule has 6 nitrogen and oxygen atoms in total. The summed E-state index contributed by atoms with van der Waals surface area (Å²) in [5.41, 5.74) is 0.296. The summed E-state index contributed by atoms with van der Waals surface area (Å²) in [6.07, 6.45) is 0. The molecule has 1 heterocycles. The molecule has 10 heteroatoms. The van der Waals surface area contributed by atoms with Gasteiger partial charge in [0.05, 0.1) is 35.7 Å². The van der Waals surface area contributed by atoms with Crippen LogP contribution < -0.4 is 10.6 Å². The first-order chi connectivity index (χ1) is 14.3. The SMILES string of the molecule is CCOC(=O)c1c(P(=O)(OCC)c2cc(F)cc(C#N)c2)c2cc(Cl)ccc2n1S. The fourth-order valence-electron chi connectivity index (χ4n) is 3.17. The molecule has 1 atom stereocenters. The molecule has 3 rings (SSSR count). The van der Waals surface area contributed by atoms with Gasteiger partial charge in [0.15, 0.2) is 5.69 Å². The molecule has 0 N–H and O–H groups in total. The average molecular weight is 467 g/mol. The molecule has 1 aromatic heterocycles. The lowest BCUT2D eigenvalue weighted by Gasteiger charge is -2.20. The highest BCUT2D eigenvalue weighted by atomic mass is 35.5. The van der Waals surface area contributed by atoms with Gasteiger partial charge in [-0.25, -0.2) is 9.18 Å². The maximum absolute atomic E-state index is 14.3. The van der Waals surface area contributed by atoms with Crippen LogP contribution in [-0.2, 0) is 13.8 Å². The lowest BCUT2D eigenvalue weighted by molar-refractivity contribution is 0.0520. The summed E-state index contributed by atoms with van der Waals surface area (Å²) in [5.74, 6) is -1.53. The molecule has 0 spiro atoms. The van der Waals surface area contributed by atoms with E-state index in [1.165, 1.54) is 16.1 Å². The number of hydrogen-bond acceptors (Lipinski definition) is 6. The van der Waals surface area contributed by atoms with Crippen molar-refractivity contribution in [3.05, 3.63) is 58.5 Å². The highest BCUT2D eigenvalue weighted by Gasteiger charge is 2.39. The Hall–Kier alpha value is -2.30. The molecule has 0 aliphatic heterocycles. The van der Waals surface area contributed by atoms with Crippen molar-refractivity contribution in [1.82, 2.24) is 3.97 Å². The molecule has 2 aromatic carbocycles. The second-order valence-electron chi connectivity index (χ2n) is 6.17. The molecule has 3 aromatic rings. The number of hydrogen-bond donors (Lipinski definition) is 1. The van der Waals surface area contributed by atoms with E-state index in [-0.39, 0.29) is 35.1 Å². The van der Waals surface area contributed by atoms with Crippen molar-refractivity contribution in [2.24, 2.45) is 0 Å². The molecule has 0 amide bonds. The van der Waals surface area contributed by atoms with Crippen LogP contribution in [0.4, 0.5) is 4.39 Å². The largest absolute Gasteiger partial charge is 0.461 e. The normalized spacial score (nSPS) is 13.1. The molecule has 0 saturated carbocycles. The quantitative estimate of drug-likeness (QED) is 0.330. The van der Waals surface area contributed by atoms with Crippen LogP contribution >= 0.6 is 31.8 Å². The second kappa shape index (κ2) is 8.83. The van der Waals surface area contributed by atoms with E-state index in [4.69, 9.17) is 20.9 Å². The zero-order valence-electron chi connectivity index (χ0n) is 16.1. The molecular formula is C20H17ClFN2O4PS. The van der Waals surface area contributed by atoms with Crippen molar-refractivity contribution in [1.29, 1.82) is 5.26 Å². The third kappa shape index (κ3) is 3.86. The molecule has 30 heavy (non-hydrogen) atoms. The van der Waals surface area contributed by atoms with Crippen molar-refractivity contribution >= 4 is 59.3 Å². The van der Waals surface area contributed by atoms with Crippen molar-refractivity contribution < 1.29 is 23.0 Å². The second-order valence-corrected chi connectivity index (χ2v) is 9.33. The molecule has 0 radical (unpaired) electrons. The van der Waals surface area contributed by atoms with Gasteiger partial charge in [0.25, 0.3) is 7.37 Å². The molecule has 156 valence electrons. The summed E-state index contributed by atoms with van der Waals surface area (Å²) in [4.78, 5) is 12.8. The summed E-state index contributed by atoms with van der Waals surface area (Å²) in [6.45, 7) is 3.32. The van der Waals surface area contributed by atoms with Crippen LogP contribution in [0.25, 0.3) is 10.9 Å². The number of nitriles is 1. The maximum Gasteiger partial charge on any atom is 0.356 e. The number of ether oxygens (including phenoxy) is 1. The van der Waals surface area contributed by atoms with Crippen molar-refractivity contribution in [2.45, 2.75) is 13.8 Å². The lowest BCUT2D eigenvalue weighted by atomic mass is 10.2. The lowest BCUT2D eigenvalue weighted by Crippen LogP contribution is -2.25. The van der Waals surface area contributed by atoms with E-state index in [1.807, 2.05) is 6.07 Å². The monoisotopic (exact) mass is 466 g/mol. The van der Waals surface area contributed by atoms with Crippen LogP contribution in [0.1, 0.15) is 29.9 Å². The number of nitrogens with zero attached hydrogens (tertiary/aromatic N) is 2. The van der Waals surface area contributed by atoms with Crippen LogP contribution in [0.5, 0.6) is 0 Å². The van der Waals surface area contributed by atoms with E-state index in [0.717, 1.165) is 12.1 Å². The molecule has 0 aliphatic carbocycles. The van der Waals surface area contributed by atoms with E-state index in [2.05, 4.69) is 12.8 Å². The summed E-state index contributed by atoms with van der Waals surface area (Å²) >= 11 is 10.5. The van der Waals surface area contributed by atoms with Crippen LogP contribution in [0.15, 0.2) is 36.4 Å². The number of carbonyl (C=O) groups excluding carboxylic acids is 1. The third-order valence-corrected chi connectivity index (χ3v) is 7.56. The van der Waals surface area contributed by atoms with E-state index >= 15 is 0 Å². The first-order valence-electron chi connectivity index (χ1n) is 8.93. The number of esters is 1. The third-order valence-electron chi connectivity index (χ3n) is 4.30. The fraction of sp³-hybridized carbons (Fsp3) is 0.200. The predicted molar refractivity (Wildman–Crippen MR) is 117 cm³/mol. The molecule has 0 aliphatic rings. The van der Waals surface area contributed by atoms with Crippen LogP contribution in [0, 0.1) is 17.1 Å². The predicted octanol–water partition coefficient (Wildman–Crippen LogP) is 4.44. The van der Waals surface area contributed by atoms with Crippen LogP contribution in [0.3, 0.4) is 0 Å². The van der Waals surface area contributed by atoms with Gasteiger partial charge in [0.2, 0.25) is 0 Å². The van der Waals surface area contributed by atoms with Gasteiger partial charge in [-0.2, -0.15) is 5.26 Å². The Morgan fingerprint density at radius 1 is 1.27 bits per heavy atom. The Bertz CT molecular complexity index is 1240. The van der Waals surface area contributed by atoms with Gasteiger partial charge in [0, 0.05) is 15.7 Å². The highest BCUT2D eigenvalue weighted by molar-refractivity contribution is 7.79. The van der Waals surface area contributed by atoms with E-state index < -0.39 is 19.2 Å². The summed E-state index contributed by atoms with van der Waals surface area (Å²) in [5, 5.41) is 9.83. The molecule has 0 saturated heterocycles. The number of fused-ring (bicyclic) bond motifs is 1. The van der Waals surface area contributed by atoms with Gasteiger partial charge in [-0.15, -0.1) is 0 Å². The number of rotatable bonds is 6. The summed E-state index contributed by atoms with van der Waals surface area (Å²) in [6, 6.07) is 9.89. The van der Waals surface area contributed by atoms with Crippen molar-refractivity contribution in [2.75, 3.05) is 13.2 Å². The van der Waals surface area contributed by atoms with Gasteiger partial charge in [-0.1, -0.05) is 24.4 Å². The topological polar surface area (TPSA) is 81.3 Å². The maximum atomic E-state index is 14.3. The first-order valence-corrected chi connectivity index (χ1v) is 11.3. The molecule has 0 bridgehead atoms. The van der Waals surface area contributed by atoms with Gasteiger partial charge >= 0.3 is 5.97 Å². The number of carbonyl (C=O) groups is 1. The number of benzene rings is 2. The fourth-order valence-corrected chi connectivity index (χ4v) is 6.25. The Kier molecular flexibility index (Phi) is 6.59. The van der Waals surface area contributed by atoms with Crippen molar-refractivity contribution in [3.8, 4) is 6.07 Å². The van der Waals surface area contributed by atoms with E-state index in [9.17, 15) is 19.0 Å². The van der Waals surface area contributed by atoms with Gasteiger partial charge < -0.3 is 9.26 Å². The summed E-state index contributed by atoms with van der Waals surface area (Å²) in [7, 11) is -4.07. The zero-order valence-corrected chi connectivity index (χ0v) is 18.6. The molecule has 1 unspecified atom stereocenters. The average Bonchev–Trinajstić information content (AvgIpc) is 3.00. The minimum absolute atomic E-state index is 0.00223. The van der Waals surface area contributed by atoms with Crippen LogP contribution in [-0.4, -0.2) is 23.2 Å². The Morgan fingerprint density at radius 3 is 2.63 bits per heavy atom. The van der Waals surface area contributed by atoms with Gasteiger partial charge in [0.1, 0.15) is 5.82 Å². The number of halogens is 2. The van der Waals surface area contributed by atoms with Gasteiger partial charge in [-0.05, 0) is 50.2 Å². The zero-order chi connectivity index (χ0) is 22.1. The molecule has 0 fully saturated rings. The highest BCUT2D eigenvalue weighted by Crippen LogP contribution is 2.49. The Labute approximate surface area is 183 Å². The van der Waals surface area contributed by atoms with E-state index in [1.54, 1.807) is 26.0 Å². The summed E-state index contributed by atoms with van der Waals surface area (Å²) < 4.78 is 40.6. The minimum atomic E-state index is -4.07.